The van der Waals surface area contributed by atoms with E-state index in [-0.39, 0.29) is 11.3 Å². The zero-order valence-electron chi connectivity index (χ0n) is 23.4. The number of pyridine rings is 1. The van der Waals surface area contributed by atoms with E-state index < -0.39 is 35.1 Å². The molecule has 1 aromatic heterocycles. The van der Waals surface area contributed by atoms with Gasteiger partial charge in [0.1, 0.15) is 17.2 Å². The van der Waals surface area contributed by atoms with Crippen molar-refractivity contribution in [1.29, 1.82) is 0 Å². The van der Waals surface area contributed by atoms with Gasteiger partial charge >= 0.3 is 12.1 Å². The summed E-state index contributed by atoms with van der Waals surface area (Å²) in [4.78, 5) is 36.7. The first-order chi connectivity index (χ1) is 18.2. The van der Waals surface area contributed by atoms with Crippen LogP contribution < -0.4 is 9.75 Å². The fraction of sp³-hybridized carbons (Fsp3) is 0.414. The maximum absolute atomic E-state index is 15.4. The fourth-order valence-electron chi connectivity index (χ4n) is 3.71. The Labute approximate surface area is 228 Å². The summed E-state index contributed by atoms with van der Waals surface area (Å²) in [6, 6.07) is 8.90. The molecule has 0 radical (unpaired) electrons. The zero-order valence-corrected chi connectivity index (χ0v) is 23.4. The molecule has 1 unspecified atom stereocenters. The summed E-state index contributed by atoms with van der Waals surface area (Å²) in [5.74, 6) is -1.92. The first kappa shape index (κ1) is 29.6. The third-order valence-electron chi connectivity index (χ3n) is 5.21. The molecular formula is C29H36FN3O6. The number of benzene rings is 2. The van der Waals surface area contributed by atoms with Crippen LogP contribution in [0.25, 0.3) is 10.8 Å². The fourth-order valence-corrected chi connectivity index (χ4v) is 3.71. The number of fused-ring (bicyclic) bond motifs is 1. The van der Waals surface area contributed by atoms with Crippen molar-refractivity contribution in [2.45, 2.75) is 72.1 Å². The lowest BCUT2D eigenvalue weighted by atomic mass is 10.0. The number of carbonyl (C=O) groups is 2. The Morgan fingerprint density at radius 1 is 1.00 bits per heavy atom. The van der Waals surface area contributed by atoms with E-state index in [2.05, 4.69) is 4.98 Å². The smallest absolute Gasteiger partial charge is 0.454 e. The van der Waals surface area contributed by atoms with Crippen molar-refractivity contribution in [1.82, 2.24) is 10.2 Å². The number of anilines is 1. The number of aromatic nitrogens is 1. The average molecular weight is 542 g/mol. The van der Waals surface area contributed by atoms with E-state index in [1.165, 1.54) is 12.1 Å². The van der Waals surface area contributed by atoms with Crippen LogP contribution in [0.3, 0.4) is 0 Å². The minimum absolute atomic E-state index is 0.225. The third-order valence-corrected chi connectivity index (χ3v) is 5.21. The molecule has 0 saturated heterocycles. The second-order valence-electron chi connectivity index (χ2n) is 11.0. The van der Waals surface area contributed by atoms with Gasteiger partial charge in [-0.2, -0.15) is 0 Å². The van der Waals surface area contributed by atoms with Gasteiger partial charge in [-0.15, -0.1) is 0 Å². The van der Waals surface area contributed by atoms with E-state index in [1.807, 2.05) is 6.92 Å². The number of carbonyl (C=O) groups excluding carboxylic acids is 1. The predicted octanol–water partition coefficient (Wildman–Crippen LogP) is 6.68. The van der Waals surface area contributed by atoms with E-state index >= 15 is 4.39 Å². The number of ether oxygens (including phenoxy) is 2. The van der Waals surface area contributed by atoms with Crippen molar-refractivity contribution in [3.05, 3.63) is 66.2 Å². The van der Waals surface area contributed by atoms with Crippen LogP contribution in [-0.4, -0.2) is 45.1 Å². The van der Waals surface area contributed by atoms with Crippen molar-refractivity contribution < 1.29 is 33.4 Å². The highest BCUT2D eigenvalue weighted by Crippen LogP contribution is 2.36. The Bertz CT molecular complexity index is 1320. The lowest BCUT2D eigenvalue weighted by Crippen LogP contribution is -2.54. The number of rotatable bonds is 9. The molecule has 1 N–H and O–H groups in total. The molecule has 0 fully saturated rings. The number of amides is 1. The first-order valence-electron chi connectivity index (χ1n) is 12.7. The number of aliphatic carboxylic acids is 1. The molecule has 0 aliphatic heterocycles. The van der Waals surface area contributed by atoms with Crippen LogP contribution in [-0.2, 0) is 14.4 Å². The number of hydroxylamine groups is 1. The summed E-state index contributed by atoms with van der Waals surface area (Å²) in [6.07, 6.45) is 2.98. The van der Waals surface area contributed by atoms with Gasteiger partial charge in [0.15, 0.2) is 6.04 Å². The highest BCUT2D eigenvalue weighted by atomic mass is 19.1. The zero-order chi connectivity index (χ0) is 29.0. The first-order valence-corrected chi connectivity index (χ1v) is 12.7. The predicted molar refractivity (Wildman–Crippen MR) is 146 cm³/mol. The molecule has 10 heteroatoms. The Hall–Kier alpha value is -3.92. The van der Waals surface area contributed by atoms with Crippen molar-refractivity contribution >= 4 is 28.5 Å². The van der Waals surface area contributed by atoms with E-state index in [1.54, 1.807) is 78.2 Å². The molecule has 1 amide bonds. The Morgan fingerprint density at radius 3 is 2.33 bits per heavy atom. The van der Waals surface area contributed by atoms with Gasteiger partial charge in [-0.1, -0.05) is 18.2 Å². The molecule has 3 aromatic rings. The third kappa shape index (κ3) is 7.79. The number of hydrogen-bond donors (Lipinski definition) is 1. The quantitative estimate of drug-likeness (QED) is 0.300. The summed E-state index contributed by atoms with van der Waals surface area (Å²) in [7, 11) is 0. The monoisotopic (exact) mass is 541 g/mol. The summed E-state index contributed by atoms with van der Waals surface area (Å²) in [6.45, 7) is 12.4. The normalized spacial score (nSPS) is 12.6. The van der Waals surface area contributed by atoms with Crippen LogP contribution in [0.4, 0.5) is 14.9 Å². The standard InChI is InChI=1S/C29H36FN3O6/c1-8-15-37-22-11-12-24(30)23(17-22)25(26(34)35)32(21-10-9-20-18-31-14-13-19(20)16-21)33(39-29(5,6)7)27(36)38-28(2,3)4/h9-14,16-18,25H,8,15H2,1-7H3,(H,34,35). The van der Waals surface area contributed by atoms with E-state index in [0.29, 0.717) is 18.8 Å². The van der Waals surface area contributed by atoms with E-state index in [9.17, 15) is 14.7 Å². The van der Waals surface area contributed by atoms with Gasteiger partial charge in [0.2, 0.25) is 0 Å². The van der Waals surface area contributed by atoms with Crippen molar-refractivity contribution in [3.8, 4) is 5.75 Å². The molecule has 0 aliphatic carbocycles. The largest absolute Gasteiger partial charge is 0.494 e. The molecule has 0 saturated carbocycles. The molecule has 1 heterocycles. The van der Waals surface area contributed by atoms with Crippen molar-refractivity contribution in [2.75, 3.05) is 11.6 Å². The van der Waals surface area contributed by atoms with Gasteiger partial charge in [0.25, 0.3) is 0 Å². The molecule has 0 bridgehead atoms. The molecule has 39 heavy (non-hydrogen) atoms. The average Bonchev–Trinajstić information content (AvgIpc) is 2.83. The maximum Gasteiger partial charge on any atom is 0.454 e. The van der Waals surface area contributed by atoms with E-state index in [0.717, 1.165) is 27.0 Å². The molecule has 3 rings (SSSR count). The molecule has 2 aromatic carbocycles. The Kier molecular flexibility index (Phi) is 9.01. The summed E-state index contributed by atoms with van der Waals surface area (Å²) in [5, 5.41) is 13.9. The van der Waals surface area contributed by atoms with Gasteiger partial charge in [-0.3, -0.25) is 4.98 Å². The maximum atomic E-state index is 15.4. The van der Waals surface area contributed by atoms with Crippen LogP contribution in [0.5, 0.6) is 5.75 Å². The number of hydrazine groups is 1. The summed E-state index contributed by atoms with van der Waals surface area (Å²) < 4.78 is 26.6. The summed E-state index contributed by atoms with van der Waals surface area (Å²) in [5.41, 5.74) is -1.88. The van der Waals surface area contributed by atoms with Crippen LogP contribution in [0.1, 0.15) is 66.5 Å². The highest BCUT2D eigenvalue weighted by Gasteiger charge is 2.41. The van der Waals surface area contributed by atoms with Gasteiger partial charge in [-0.05, 0) is 89.7 Å². The van der Waals surface area contributed by atoms with Crippen molar-refractivity contribution in [3.63, 3.8) is 0 Å². The SMILES string of the molecule is CCCOc1ccc(F)c(C(C(=O)O)N(c2ccc3cnccc3c2)N(OC(C)(C)C)C(=O)OC(C)(C)C)c1. The number of carboxylic acid groups (broad SMARTS) is 1. The Balaban J connectivity index is 2.30. The van der Waals surface area contributed by atoms with Gasteiger partial charge in [0.05, 0.1) is 17.9 Å². The summed E-state index contributed by atoms with van der Waals surface area (Å²) >= 11 is 0. The van der Waals surface area contributed by atoms with Crippen LogP contribution in [0, 0.1) is 5.82 Å². The van der Waals surface area contributed by atoms with Crippen LogP contribution >= 0.6 is 0 Å². The number of nitrogens with zero attached hydrogens (tertiary/aromatic N) is 3. The van der Waals surface area contributed by atoms with Crippen LogP contribution in [0.15, 0.2) is 54.9 Å². The van der Waals surface area contributed by atoms with Crippen LogP contribution in [0.2, 0.25) is 0 Å². The van der Waals surface area contributed by atoms with Gasteiger partial charge in [0, 0.05) is 23.3 Å². The minimum Gasteiger partial charge on any atom is -0.494 e. The molecule has 1 atom stereocenters. The topological polar surface area (TPSA) is 101 Å². The highest BCUT2D eigenvalue weighted by molar-refractivity contribution is 5.88. The second-order valence-corrected chi connectivity index (χ2v) is 11.0. The molecule has 0 aliphatic rings. The molecule has 210 valence electrons. The number of carboxylic acids is 1. The molecular weight excluding hydrogens is 505 g/mol. The Morgan fingerprint density at radius 2 is 1.72 bits per heavy atom. The lowest BCUT2D eigenvalue weighted by Gasteiger charge is -2.41. The van der Waals surface area contributed by atoms with Crippen molar-refractivity contribution in [2.24, 2.45) is 0 Å². The van der Waals surface area contributed by atoms with Gasteiger partial charge < -0.3 is 14.6 Å². The lowest BCUT2D eigenvalue weighted by molar-refractivity contribution is -0.222. The number of halogens is 1. The minimum atomic E-state index is -1.75. The molecule has 9 nitrogen and oxygen atoms in total. The van der Waals surface area contributed by atoms with Gasteiger partial charge in [-0.25, -0.2) is 23.8 Å². The number of hydrogen-bond acceptors (Lipinski definition) is 7. The van der Waals surface area contributed by atoms with E-state index in [4.69, 9.17) is 14.3 Å². The second kappa shape index (κ2) is 11.9. The molecule has 0 spiro atoms.